The summed E-state index contributed by atoms with van der Waals surface area (Å²) in [7, 11) is 1.63. The molecular formula is C13H22F2N2O2S. The van der Waals surface area contributed by atoms with Crippen molar-refractivity contribution in [3.8, 4) is 0 Å². The molecule has 0 radical (unpaired) electrons. The summed E-state index contributed by atoms with van der Waals surface area (Å²) in [5, 5.41) is 4.23. The Bertz CT molecular complexity index is 375. The molecule has 0 atom stereocenters. The van der Waals surface area contributed by atoms with Crippen LogP contribution in [-0.4, -0.2) is 38.3 Å². The average Bonchev–Trinajstić information content (AvgIpc) is 2.78. The zero-order valence-corrected chi connectivity index (χ0v) is 12.8. The fourth-order valence-electron chi connectivity index (χ4n) is 1.64. The maximum atomic E-state index is 11.9. The molecule has 0 aromatic carbocycles. The van der Waals surface area contributed by atoms with Crippen molar-refractivity contribution >= 4 is 11.3 Å². The van der Waals surface area contributed by atoms with Crippen LogP contribution in [0.5, 0.6) is 0 Å². The molecule has 0 bridgehead atoms. The van der Waals surface area contributed by atoms with Gasteiger partial charge < -0.3 is 14.8 Å². The molecule has 1 heterocycles. The Morgan fingerprint density at radius 2 is 2.20 bits per heavy atom. The molecule has 4 nitrogen and oxygen atoms in total. The number of hydrogen-bond acceptors (Lipinski definition) is 5. The Hall–Kier alpha value is -0.630. The van der Waals surface area contributed by atoms with Gasteiger partial charge >= 0.3 is 0 Å². The summed E-state index contributed by atoms with van der Waals surface area (Å²) in [4.78, 5) is 5.62. The van der Waals surface area contributed by atoms with Crippen LogP contribution < -0.4 is 5.32 Å². The maximum Gasteiger partial charge on any atom is 0.261 e. The first-order valence-corrected chi connectivity index (χ1v) is 7.52. The topological polar surface area (TPSA) is 43.4 Å². The lowest BCUT2D eigenvalue weighted by Gasteiger charge is -2.02. The molecule has 0 amide bonds. The van der Waals surface area contributed by atoms with Gasteiger partial charge in [-0.05, 0) is 13.0 Å². The highest BCUT2D eigenvalue weighted by molar-refractivity contribution is 7.11. The van der Waals surface area contributed by atoms with E-state index < -0.39 is 13.0 Å². The van der Waals surface area contributed by atoms with Crippen LogP contribution in [0.2, 0.25) is 0 Å². The molecule has 20 heavy (non-hydrogen) atoms. The van der Waals surface area contributed by atoms with E-state index in [2.05, 4.69) is 17.2 Å². The highest BCUT2D eigenvalue weighted by atomic mass is 32.1. The van der Waals surface area contributed by atoms with Crippen LogP contribution in [0.4, 0.5) is 8.78 Å². The number of methoxy groups -OCH3 is 1. The third-order valence-corrected chi connectivity index (χ3v) is 3.68. The summed E-state index contributed by atoms with van der Waals surface area (Å²) in [5.74, 6) is 0. The number of halogens is 2. The number of nitrogens with one attached hydrogen (secondary N) is 1. The minimum absolute atomic E-state index is 0.270. The Morgan fingerprint density at radius 3 is 2.85 bits per heavy atom. The lowest BCUT2D eigenvalue weighted by atomic mass is 10.3. The van der Waals surface area contributed by atoms with Gasteiger partial charge in [-0.3, -0.25) is 0 Å². The second-order valence-electron chi connectivity index (χ2n) is 4.30. The van der Waals surface area contributed by atoms with E-state index >= 15 is 0 Å². The van der Waals surface area contributed by atoms with Crippen LogP contribution in [0, 0.1) is 0 Å². The van der Waals surface area contributed by atoms with Gasteiger partial charge in [0.2, 0.25) is 0 Å². The van der Waals surface area contributed by atoms with Crippen molar-refractivity contribution in [1.82, 2.24) is 10.3 Å². The number of aromatic nitrogens is 1. The van der Waals surface area contributed by atoms with Gasteiger partial charge in [-0.1, -0.05) is 6.92 Å². The van der Waals surface area contributed by atoms with Crippen molar-refractivity contribution in [3.63, 3.8) is 0 Å². The third-order valence-electron chi connectivity index (χ3n) is 2.52. The first-order chi connectivity index (χ1) is 9.67. The summed E-state index contributed by atoms with van der Waals surface area (Å²) in [6, 6.07) is 0. The highest BCUT2D eigenvalue weighted by Gasteiger charge is 2.11. The molecule has 116 valence electrons. The number of nitrogens with zero attached hydrogens (tertiary/aromatic N) is 1. The molecule has 0 spiro atoms. The van der Waals surface area contributed by atoms with Crippen LogP contribution in [0.15, 0.2) is 0 Å². The van der Waals surface area contributed by atoms with Crippen LogP contribution in [0.25, 0.3) is 0 Å². The van der Waals surface area contributed by atoms with E-state index in [1.807, 2.05) is 0 Å². The average molecular weight is 308 g/mol. The Labute approximate surface area is 122 Å². The van der Waals surface area contributed by atoms with E-state index in [9.17, 15) is 8.78 Å². The van der Waals surface area contributed by atoms with E-state index in [0.717, 1.165) is 35.1 Å². The zero-order chi connectivity index (χ0) is 14.8. The molecule has 1 aromatic heterocycles. The van der Waals surface area contributed by atoms with Gasteiger partial charge in [0, 0.05) is 25.0 Å². The van der Waals surface area contributed by atoms with Crippen LogP contribution in [-0.2, 0) is 29.0 Å². The van der Waals surface area contributed by atoms with E-state index in [-0.39, 0.29) is 6.61 Å². The van der Waals surface area contributed by atoms with Crippen molar-refractivity contribution in [2.24, 2.45) is 0 Å². The van der Waals surface area contributed by atoms with Crippen molar-refractivity contribution in [3.05, 3.63) is 15.6 Å². The summed E-state index contributed by atoms with van der Waals surface area (Å²) >= 11 is 1.59. The van der Waals surface area contributed by atoms with Gasteiger partial charge in [0.1, 0.15) is 6.61 Å². The number of ether oxygens (including phenoxy) is 2. The molecule has 0 fully saturated rings. The van der Waals surface area contributed by atoms with Gasteiger partial charge in [-0.25, -0.2) is 13.8 Å². The highest BCUT2D eigenvalue weighted by Crippen LogP contribution is 2.20. The SMILES string of the molecule is CCCNCc1sc(CCOCC(F)F)nc1COC. The van der Waals surface area contributed by atoms with Gasteiger partial charge in [0.05, 0.1) is 23.9 Å². The van der Waals surface area contributed by atoms with Gasteiger partial charge in [0.15, 0.2) is 0 Å². The van der Waals surface area contributed by atoms with Gasteiger partial charge in [-0.15, -0.1) is 11.3 Å². The Kier molecular flexibility index (Phi) is 8.84. The Balaban J connectivity index is 2.47. The molecule has 0 aliphatic rings. The minimum Gasteiger partial charge on any atom is -0.378 e. The van der Waals surface area contributed by atoms with Gasteiger partial charge in [-0.2, -0.15) is 0 Å². The summed E-state index contributed by atoms with van der Waals surface area (Å²) in [5.41, 5.74) is 0.921. The Morgan fingerprint density at radius 1 is 1.40 bits per heavy atom. The largest absolute Gasteiger partial charge is 0.378 e. The monoisotopic (exact) mass is 308 g/mol. The second kappa shape index (κ2) is 10.1. The summed E-state index contributed by atoms with van der Waals surface area (Å²) < 4.78 is 33.9. The minimum atomic E-state index is -2.41. The number of hydrogen-bond donors (Lipinski definition) is 1. The molecule has 0 saturated heterocycles. The predicted molar refractivity (Wildman–Crippen MR) is 75.4 cm³/mol. The van der Waals surface area contributed by atoms with Gasteiger partial charge in [0.25, 0.3) is 6.43 Å². The first kappa shape index (κ1) is 17.4. The molecule has 0 unspecified atom stereocenters. The third kappa shape index (κ3) is 6.69. The molecule has 0 aliphatic carbocycles. The van der Waals surface area contributed by atoms with Crippen molar-refractivity contribution in [1.29, 1.82) is 0 Å². The quantitative estimate of drug-likeness (QED) is 0.638. The van der Waals surface area contributed by atoms with Crippen LogP contribution in [0.3, 0.4) is 0 Å². The fourth-order valence-corrected chi connectivity index (χ4v) is 2.66. The van der Waals surface area contributed by atoms with Crippen molar-refractivity contribution < 1.29 is 18.3 Å². The molecule has 0 aliphatic heterocycles. The van der Waals surface area contributed by atoms with Crippen LogP contribution in [0.1, 0.15) is 28.9 Å². The van der Waals surface area contributed by atoms with E-state index in [1.54, 1.807) is 18.4 Å². The lowest BCUT2D eigenvalue weighted by molar-refractivity contribution is 0.0187. The molecule has 1 rings (SSSR count). The molecule has 0 saturated carbocycles. The lowest BCUT2D eigenvalue weighted by Crippen LogP contribution is -2.14. The molecule has 1 aromatic rings. The predicted octanol–water partition coefficient (Wildman–Crippen LogP) is 2.61. The molecular weight excluding hydrogens is 286 g/mol. The second-order valence-corrected chi connectivity index (χ2v) is 5.47. The first-order valence-electron chi connectivity index (χ1n) is 6.70. The number of rotatable bonds is 11. The van der Waals surface area contributed by atoms with Crippen molar-refractivity contribution in [2.45, 2.75) is 39.3 Å². The summed E-state index contributed by atoms with van der Waals surface area (Å²) in [6.07, 6.45) is -0.779. The van der Waals surface area contributed by atoms with Crippen molar-refractivity contribution in [2.75, 3.05) is 26.9 Å². The zero-order valence-electron chi connectivity index (χ0n) is 12.0. The molecule has 7 heteroatoms. The van der Waals surface area contributed by atoms with E-state index in [1.165, 1.54) is 0 Å². The van der Waals surface area contributed by atoms with E-state index in [0.29, 0.717) is 13.0 Å². The standard InChI is InChI=1S/C13H22F2N2O2S/c1-3-5-16-7-11-10(8-18-2)17-13(20-11)4-6-19-9-12(14)15/h12,16H,3-9H2,1-2H3. The fraction of sp³-hybridized carbons (Fsp3) is 0.769. The molecule has 1 N–H and O–H groups in total. The van der Waals surface area contributed by atoms with Crippen LogP contribution >= 0.6 is 11.3 Å². The van der Waals surface area contributed by atoms with E-state index in [4.69, 9.17) is 9.47 Å². The maximum absolute atomic E-state index is 11.9. The summed E-state index contributed by atoms with van der Waals surface area (Å²) in [6.45, 7) is 4.06. The number of thiazole rings is 1. The number of alkyl halides is 2. The normalized spacial score (nSPS) is 11.4. The smallest absolute Gasteiger partial charge is 0.261 e.